The smallest absolute Gasteiger partial charge is 0.256 e. The summed E-state index contributed by atoms with van der Waals surface area (Å²) in [5.41, 5.74) is 9.59. The maximum atomic E-state index is 13.3. The number of carbonyl (C=O) groups excluding carboxylic acids is 1. The van der Waals surface area contributed by atoms with E-state index in [0.717, 1.165) is 16.7 Å². The predicted molar refractivity (Wildman–Crippen MR) is 135 cm³/mol. The fraction of sp³-hybridized carbons (Fsp3) is 0.111. The summed E-state index contributed by atoms with van der Waals surface area (Å²) in [5.74, 6) is 1.78. The Hall–Kier alpha value is -4.23. The van der Waals surface area contributed by atoms with Crippen LogP contribution in [0.5, 0.6) is 17.2 Å². The molecule has 7 nitrogen and oxygen atoms in total. The zero-order valence-electron chi connectivity index (χ0n) is 18.8. The summed E-state index contributed by atoms with van der Waals surface area (Å²) in [5, 5.41) is 3.43. The van der Waals surface area contributed by atoms with E-state index >= 15 is 0 Å². The van der Waals surface area contributed by atoms with Gasteiger partial charge in [0, 0.05) is 23.5 Å². The molecule has 0 spiro atoms. The lowest BCUT2D eigenvalue weighted by molar-refractivity contribution is 0.102. The highest BCUT2D eigenvalue weighted by molar-refractivity contribution is 6.30. The van der Waals surface area contributed by atoms with Crippen molar-refractivity contribution in [3.8, 4) is 28.4 Å². The molecule has 0 saturated heterocycles. The molecule has 3 N–H and O–H groups in total. The van der Waals surface area contributed by atoms with Gasteiger partial charge in [-0.15, -0.1) is 0 Å². The van der Waals surface area contributed by atoms with Crippen LogP contribution in [0.15, 0.2) is 79.0 Å². The van der Waals surface area contributed by atoms with Gasteiger partial charge in [-0.1, -0.05) is 48.0 Å². The number of nitrogens with zero attached hydrogens (tertiary/aromatic N) is 1. The molecular formula is C27H22ClN3O4. The second-order valence-electron chi connectivity index (χ2n) is 7.99. The topological polar surface area (TPSA) is 95.7 Å². The summed E-state index contributed by atoms with van der Waals surface area (Å²) in [7, 11) is 0. The van der Waals surface area contributed by atoms with E-state index in [4.69, 9.17) is 31.5 Å². The van der Waals surface area contributed by atoms with Gasteiger partial charge < -0.3 is 25.3 Å². The molecule has 0 saturated carbocycles. The first-order valence-corrected chi connectivity index (χ1v) is 11.3. The Balaban J connectivity index is 1.36. The van der Waals surface area contributed by atoms with Crippen molar-refractivity contribution >= 4 is 29.0 Å². The molecule has 1 amide bonds. The van der Waals surface area contributed by atoms with Crippen molar-refractivity contribution in [2.75, 3.05) is 17.8 Å². The van der Waals surface area contributed by atoms with E-state index in [9.17, 15) is 4.79 Å². The standard InChI is InChI=1S/C27H22ClN3O4/c1-16(35-25-13-19(28)14-30-26(25)29)17-5-4-6-20(11-17)31-27(32)22-8-3-2-7-21(22)18-9-10-23-24(12-18)34-15-33-23/h2-14,16H,15H2,1H3,(H2,29,30)(H,31,32)/t16-/m0/s1. The number of nitrogen functional groups attached to an aromatic ring is 1. The highest BCUT2D eigenvalue weighted by Gasteiger charge is 2.18. The SMILES string of the molecule is C[C@H](Oc1cc(Cl)cnc1N)c1cccc(NC(=O)c2ccccc2-c2ccc3c(c2)OCO3)c1. The van der Waals surface area contributed by atoms with Gasteiger partial charge in [-0.05, 0) is 53.9 Å². The van der Waals surface area contributed by atoms with Gasteiger partial charge in [0.25, 0.3) is 5.91 Å². The van der Waals surface area contributed by atoms with Crippen molar-refractivity contribution in [2.24, 2.45) is 0 Å². The van der Waals surface area contributed by atoms with Crippen LogP contribution in [0.2, 0.25) is 5.02 Å². The van der Waals surface area contributed by atoms with Gasteiger partial charge in [0.2, 0.25) is 6.79 Å². The fourth-order valence-electron chi connectivity index (χ4n) is 3.85. The van der Waals surface area contributed by atoms with Crippen molar-refractivity contribution < 1.29 is 19.0 Å². The molecular weight excluding hydrogens is 466 g/mol. The number of benzene rings is 3. The molecule has 8 heteroatoms. The number of halogens is 1. The number of rotatable bonds is 6. The van der Waals surface area contributed by atoms with Gasteiger partial charge in [-0.2, -0.15) is 0 Å². The Morgan fingerprint density at radius 1 is 1.06 bits per heavy atom. The van der Waals surface area contributed by atoms with Gasteiger partial charge in [-0.3, -0.25) is 4.79 Å². The average Bonchev–Trinajstić information content (AvgIpc) is 3.34. The molecule has 1 aromatic heterocycles. The van der Waals surface area contributed by atoms with Crippen molar-refractivity contribution in [3.05, 3.63) is 95.1 Å². The normalized spacial score (nSPS) is 12.7. The van der Waals surface area contributed by atoms with Crippen LogP contribution in [0.4, 0.5) is 11.5 Å². The van der Waals surface area contributed by atoms with Gasteiger partial charge in [0.15, 0.2) is 23.1 Å². The summed E-state index contributed by atoms with van der Waals surface area (Å²) in [4.78, 5) is 17.3. The summed E-state index contributed by atoms with van der Waals surface area (Å²) in [6.07, 6.45) is 1.11. The van der Waals surface area contributed by atoms with E-state index < -0.39 is 0 Å². The maximum absolute atomic E-state index is 13.3. The summed E-state index contributed by atoms with van der Waals surface area (Å²) in [6.45, 7) is 2.08. The molecule has 2 heterocycles. The number of amides is 1. The van der Waals surface area contributed by atoms with Gasteiger partial charge in [0.1, 0.15) is 6.10 Å². The van der Waals surface area contributed by atoms with Crippen LogP contribution in [0.3, 0.4) is 0 Å². The van der Waals surface area contributed by atoms with Crippen molar-refractivity contribution in [2.45, 2.75) is 13.0 Å². The second kappa shape index (κ2) is 9.56. The Labute approximate surface area is 207 Å². The van der Waals surface area contributed by atoms with E-state index in [0.29, 0.717) is 33.5 Å². The average molecular weight is 488 g/mol. The lowest BCUT2D eigenvalue weighted by Gasteiger charge is -2.17. The van der Waals surface area contributed by atoms with Gasteiger partial charge in [-0.25, -0.2) is 4.98 Å². The number of aromatic nitrogens is 1. The molecule has 35 heavy (non-hydrogen) atoms. The van der Waals surface area contributed by atoms with Crippen LogP contribution >= 0.6 is 11.6 Å². The Morgan fingerprint density at radius 3 is 2.77 bits per heavy atom. The molecule has 1 aliphatic heterocycles. The van der Waals surface area contributed by atoms with Crippen molar-refractivity contribution in [3.63, 3.8) is 0 Å². The van der Waals surface area contributed by atoms with E-state index in [1.54, 1.807) is 12.1 Å². The number of hydrogen-bond donors (Lipinski definition) is 2. The third-order valence-corrected chi connectivity index (χ3v) is 5.83. The minimum atomic E-state index is -0.352. The number of nitrogens with one attached hydrogen (secondary N) is 1. The molecule has 1 atom stereocenters. The molecule has 176 valence electrons. The molecule has 3 aromatic carbocycles. The molecule has 5 rings (SSSR count). The third kappa shape index (κ3) is 4.85. The molecule has 0 bridgehead atoms. The first kappa shape index (κ1) is 22.6. The fourth-order valence-corrected chi connectivity index (χ4v) is 4.00. The number of hydrogen-bond acceptors (Lipinski definition) is 6. The zero-order valence-corrected chi connectivity index (χ0v) is 19.6. The van der Waals surface area contributed by atoms with Crippen LogP contribution in [-0.4, -0.2) is 17.7 Å². The van der Waals surface area contributed by atoms with Crippen LogP contribution in [0.1, 0.15) is 28.9 Å². The largest absolute Gasteiger partial charge is 0.482 e. The minimum absolute atomic E-state index is 0.194. The Morgan fingerprint density at radius 2 is 1.89 bits per heavy atom. The van der Waals surface area contributed by atoms with E-state index in [2.05, 4.69) is 10.3 Å². The van der Waals surface area contributed by atoms with Crippen molar-refractivity contribution in [1.29, 1.82) is 0 Å². The zero-order chi connectivity index (χ0) is 24.4. The van der Waals surface area contributed by atoms with Crippen LogP contribution in [-0.2, 0) is 0 Å². The number of anilines is 2. The summed E-state index contributed by atoms with van der Waals surface area (Å²) < 4.78 is 16.9. The quantitative estimate of drug-likeness (QED) is 0.341. The number of ether oxygens (including phenoxy) is 3. The van der Waals surface area contributed by atoms with Gasteiger partial charge in [0.05, 0.1) is 5.02 Å². The number of fused-ring (bicyclic) bond motifs is 1. The number of pyridine rings is 1. The van der Waals surface area contributed by atoms with Crippen molar-refractivity contribution in [1.82, 2.24) is 4.98 Å². The van der Waals surface area contributed by atoms with Gasteiger partial charge >= 0.3 is 0 Å². The Bertz CT molecular complexity index is 1410. The molecule has 0 radical (unpaired) electrons. The van der Waals surface area contributed by atoms with E-state index in [-0.39, 0.29) is 24.6 Å². The number of nitrogens with two attached hydrogens (primary N) is 1. The predicted octanol–water partition coefficient (Wildman–Crippen LogP) is 6.11. The maximum Gasteiger partial charge on any atom is 0.256 e. The molecule has 4 aromatic rings. The first-order chi connectivity index (χ1) is 17.0. The van der Waals surface area contributed by atoms with Crippen LogP contribution in [0.25, 0.3) is 11.1 Å². The minimum Gasteiger partial charge on any atom is -0.482 e. The third-order valence-electron chi connectivity index (χ3n) is 5.62. The molecule has 0 fully saturated rings. The summed E-state index contributed by atoms with van der Waals surface area (Å²) in [6, 6.07) is 22.1. The lowest BCUT2D eigenvalue weighted by atomic mass is 9.98. The van der Waals surface area contributed by atoms with Crippen LogP contribution in [0, 0.1) is 0 Å². The van der Waals surface area contributed by atoms with Crippen LogP contribution < -0.4 is 25.3 Å². The molecule has 0 unspecified atom stereocenters. The molecule has 0 aliphatic carbocycles. The lowest BCUT2D eigenvalue weighted by Crippen LogP contribution is -2.14. The highest BCUT2D eigenvalue weighted by Crippen LogP contribution is 2.37. The first-order valence-electron chi connectivity index (χ1n) is 11.0. The second-order valence-corrected chi connectivity index (χ2v) is 8.43. The highest BCUT2D eigenvalue weighted by atomic mass is 35.5. The van der Waals surface area contributed by atoms with E-state index in [1.807, 2.05) is 67.6 Å². The summed E-state index contributed by atoms with van der Waals surface area (Å²) >= 11 is 6.01. The number of carbonyl (C=O) groups is 1. The Kier molecular flexibility index (Phi) is 6.16. The van der Waals surface area contributed by atoms with E-state index in [1.165, 1.54) is 6.20 Å². The molecule has 1 aliphatic rings. The monoisotopic (exact) mass is 487 g/mol.